The van der Waals surface area contributed by atoms with E-state index in [0.717, 1.165) is 25.5 Å². The number of allylic oxidation sites excluding steroid dienone is 6. The van der Waals surface area contributed by atoms with Crippen LogP contribution in [0.2, 0.25) is 0 Å². The topological polar surface area (TPSA) is 12.0 Å². The second-order valence-electron chi connectivity index (χ2n) is 7.65. The van der Waals surface area contributed by atoms with E-state index in [-0.39, 0.29) is 11.3 Å². The lowest BCUT2D eigenvalue weighted by atomic mass is 9.51. The normalized spacial score (nSPS) is 40.1. The Morgan fingerprint density at radius 2 is 2.05 bits per heavy atom. The second-order valence-corrected chi connectivity index (χ2v) is 7.65. The molecule has 110 valence electrons. The van der Waals surface area contributed by atoms with Crippen LogP contribution in [0.1, 0.15) is 33.6 Å². The average Bonchev–Trinajstić information content (AvgIpc) is 2.20. The lowest BCUT2D eigenvalue weighted by Gasteiger charge is -2.62. The third-order valence-electron chi connectivity index (χ3n) is 4.89. The fourth-order valence-corrected chi connectivity index (χ4v) is 4.06. The van der Waals surface area contributed by atoms with Gasteiger partial charge in [-0.15, -0.1) is 0 Å². The molecule has 1 saturated heterocycles. The van der Waals surface area contributed by atoms with E-state index in [9.17, 15) is 8.78 Å². The van der Waals surface area contributed by atoms with Gasteiger partial charge in [0.15, 0.2) is 0 Å². The number of alkyl halides is 1. The van der Waals surface area contributed by atoms with Crippen LogP contribution in [0.4, 0.5) is 8.78 Å². The van der Waals surface area contributed by atoms with Crippen LogP contribution in [0.5, 0.6) is 0 Å². The zero-order valence-corrected chi connectivity index (χ0v) is 12.4. The van der Waals surface area contributed by atoms with Crippen LogP contribution in [0.25, 0.3) is 0 Å². The van der Waals surface area contributed by atoms with Crippen molar-refractivity contribution in [3.8, 4) is 0 Å². The number of halogens is 2. The second kappa shape index (κ2) is 4.52. The molecular weight excluding hydrogens is 256 g/mol. The minimum atomic E-state index is -1.22. The van der Waals surface area contributed by atoms with Crippen molar-refractivity contribution in [2.75, 3.05) is 6.54 Å². The monoisotopic (exact) mass is 279 g/mol. The van der Waals surface area contributed by atoms with Gasteiger partial charge in [-0.2, -0.15) is 0 Å². The highest BCUT2D eigenvalue weighted by Gasteiger charge is 2.56. The largest absolute Gasteiger partial charge is 0.312 e. The van der Waals surface area contributed by atoms with E-state index in [1.165, 1.54) is 11.6 Å². The highest BCUT2D eigenvalue weighted by molar-refractivity contribution is 5.32. The first-order chi connectivity index (χ1) is 9.30. The van der Waals surface area contributed by atoms with Crippen molar-refractivity contribution >= 4 is 0 Å². The van der Waals surface area contributed by atoms with Crippen molar-refractivity contribution in [2.45, 2.75) is 45.8 Å². The predicted molar refractivity (Wildman–Crippen MR) is 77.7 cm³/mol. The Labute approximate surface area is 119 Å². The van der Waals surface area contributed by atoms with E-state index in [2.05, 4.69) is 26.1 Å². The maximum absolute atomic E-state index is 13.7. The quantitative estimate of drug-likeness (QED) is 0.713. The van der Waals surface area contributed by atoms with Gasteiger partial charge in [0.25, 0.3) is 0 Å². The third-order valence-corrected chi connectivity index (χ3v) is 4.89. The predicted octanol–water partition coefficient (Wildman–Crippen LogP) is 4.09. The molecule has 2 fully saturated rings. The highest BCUT2D eigenvalue weighted by atomic mass is 19.1. The Bertz CT molecular complexity index is 488. The van der Waals surface area contributed by atoms with Gasteiger partial charge in [0.05, 0.1) is 0 Å². The third kappa shape index (κ3) is 2.26. The van der Waals surface area contributed by atoms with Crippen LogP contribution in [0.15, 0.2) is 35.7 Å². The van der Waals surface area contributed by atoms with Gasteiger partial charge >= 0.3 is 0 Å². The summed E-state index contributed by atoms with van der Waals surface area (Å²) in [6.45, 7) is 7.87. The lowest BCUT2D eigenvalue weighted by molar-refractivity contribution is -0.0260. The molecule has 3 atom stereocenters. The van der Waals surface area contributed by atoms with E-state index >= 15 is 0 Å². The van der Waals surface area contributed by atoms with E-state index < -0.39 is 12.0 Å². The molecule has 0 aromatic rings. The molecule has 3 aliphatic rings. The molecule has 20 heavy (non-hydrogen) atoms. The molecule has 1 heterocycles. The fourth-order valence-electron chi connectivity index (χ4n) is 4.06. The van der Waals surface area contributed by atoms with E-state index in [0.29, 0.717) is 11.5 Å². The first kappa shape index (κ1) is 14.0. The minimum Gasteiger partial charge on any atom is -0.312 e. The highest BCUT2D eigenvalue weighted by Crippen LogP contribution is 2.56. The van der Waals surface area contributed by atoms with Crippen LogP contribution < -0.4 is 5.32 Å². The van der Waals surface area contributed by atoms with Crippen LogP contribution in [0, 0.1) is 16.7 Å². The molecule has 0 aromatic carbocycles. The van der Waals surface area contributed by atoms with Crippen LogP contribution >= 0.6 is 0 Å². The Morgan fingerprint density at radius 1 is 1.35 bits per heavy atom. The summed E-state index contributed by atoms with van der Waals surface area (Å²) in [5.41, 5.74) is 1.98. The molecule has 1 aliphatic heterocycles. The molecule has 3 heteroatoms. The molecule has 0 amide bonds. The van der Waals surface area contributed by atoms with E-state index in [1.54, 1.807) is 6.08 Å². The summed E-state index contributed by atoms with van der Waals surface area (Å²) < 4.78 is 26.7. The van der Waals surface area contributed by atoms with Gasteiger partial charge in [-0.3, -0.25) is 0 Å². The molecular formula is C17H23F2N. The summed E-state index contributed by atoms with van der Waals surface area (Å²) in [6.07, 6.45) is 6.98. The first-order valence-corrected chi connectivity index (χ1v) is 7.43. The Hall–Kier alpha value is -0.960. The van der Waals surface area contributed by atoms with Gasteiger partial charge in [0.1, 0.15) is 12.0 Å². The smallest absolute Gasteiger partial charge is 0.131 e. The van der Waals surface area contributed by atoms with Gasteiger partial charge in [0, 0.05) is 23.9 Å². The minimum absolute atomic E-state index is 0.267. The summed E-state index contributed by atoms with van der Waals surface area (Å²) in [6, 6.07) is 0.549. The first-order valence-electron chi connectivity index (χ1n) is 7.43. The molecule has 0 bridgehead atoms. The van der Waals surface area contributed by atoms with E-state index in [4.69, 9.17) is 0 Å². The molecule has 1 nitrogen and oxygen atoms in total. The number of hydrogen-bond acceptors (Lipinski definition) is 1. The van der Waals surface area contributed by atoms with Crippen molar-refractivity contribution in [3.63, 3.8) is 0 Å². The van der Waals surface area contributed by atoms with Crippen LogP contribution in [-0.2, 0) is 0 Å². The summed E-state index contributed by atoms with van der Waals surface area (Å²) in [5.74, 6) is -0.754. The van der Waals surface area contributed by atoms with Crippen molar-refractivity contribution < 1.29 is 8.78 Å². The van der Waals surface area contributed by atoms with Crippen molar-refractivity contribution in [1.82, 2.24) is 5.32 Å². The maximum atomic E-state index is 13.7. The van der Waals surface area contributed by atoms with Crippen LogP contribution in [0.3, 0.4) is 0 Å². The van der Waals surface area contributed by atoms with Crippen molar-refractivity contribution in [3.05, 3.63) is 35.7 Å². The summed E-state index contributed by atoms with van der Waals surface area (Å²) >= 11 is 0. The molecule has 1 N–H and O–H groups in total. The Balaban J connectivity index is 1.64. The number of rotatable bonds is 1. The van der Waals surface area contributed by atoms with Crippen molar-refractivity contribution in [2.24, 2.45) is 16.7 Å². The standard InChI is InChI=1S/C17H23F2N/c1-16(2,3)15-17(10-20-15)8-11(9-17)6-12-4-5-13(18)7-14(12)19/h4-7,12,14-15,20H,8-10H2,1-3H3. The summed E-state index contributed by atoms with van der Waals surface area (Å²) in [7, 11) is 0. The van der Waals surface area contributed by atoms with Gasteiger partial charge in [-0.1, -0.05) is 38.5 Å². The number of nitrogens with one attached hydrogen (secondary N) is 1. The molecule has 3 unspecified atom stereocenters. The average molecular weight is 279 g/mol. The Morgan fingerprint density at radius 3 is 2.55 bits per heavy atom. The SMILES string of the molecule is CC(C)(C)C1NCC12CC(=CC1C=CC(F)=CC1F)C2. The van der Waals surface area contributed by atoms with Gasteiger partial charge < -0.3 is 5.32 Å². The Kier molecular flexibility index (Phi) is 3.16. The van der Waals surface area contributed by atoms with E-state index in [1.807, 2.05) is 6.08 Å². The molecule has 1 saturated carbocycles. The van der Waals surface area contributed by atoms with Gasteiger partial charge in [0.2, 0.25) is 0 Å². The molecule has 2 aliphatic carbocycles. The molecule has 0 radical (unpaired) electrons. The summed E-state index contributed by atoms with van der Waals surface area (Å²) in [5, 5.41) is 3.54. The summed E-state index contributed by atoms with van der Waals surface area (Å²) in [4.78, 5) is 0. The maximum Gasteiger partial charge on any atom is 0.131 e. The van der Waals surface area contributed by atoms with Gasteiger partial charge in [-0.05, 0) is 30.4 Å². The molecule has 0 aromatic heterocycles. The lowest BCUT2D eigenvalue weighted by Crippen LogP contribution is -2.70. The van der Waals surface area contributed by atoms with Gasteiger partial charge in [-0.25, -0.2) is 8.78 Å². The zero-order valence-electron chi connectivity index (χ0n) is 12.4. The number of hydrogen-bond donors (Lipinski definition) is 1. The van der Waals surface area contributed by atoms with Crippen molar-refractivity contribution in [1.29, 1.82) is 0 Å². The molecule has 3 rings (SSSR count). The fraction of sp³-hybridized carbons (Fsp3) is 0.647. The van der Waals surface area contributed by atoms with Crippen LogP contribution in [-0.4, -0.2) is 18.8 Å². The zero-order chi connectivity index (χ0) is 14.5. The molecule has 1 spiro atoms.